The number of amides is 4. The molecule has 0 heterocycles. The van der Waals surface area contributed by atoms with Crippen LogP contribution >= 0.6 is 0 Å². The van der Waals surface area contributed by atoms with E-state index in [-0.39, 0.29) is 12.1 Å². The highest BCUT2D eigenvalue weighted by Crippen LogP contribution is 2.17. The SMILES string of the molecule is CCCCN(CCC[Si](OC)(OC)OC)C(=O)NCCCCCCNC(=O)N(CCCC)CCC[Si](OC)(OC)OC. The van der Waals surface area contributed by atoms with Crippen LogP contribution in [-0.2, 0) is 26.6 Å². The zero-order valence-electron chi connectivity index (χ0n) is 27.9. The fourth-order valence-corrected chi connectivity index (χ4v) is 8.04. The van der Waals surface area contributed by atoms with Crippen molar-refractivity contribution in [1.82, 2.24) is 20.4 Å². The lowest BCUT2D eigenvalue weighted by Gasteiger charge is -2.27. The van der Waals surface area contributed by atoms with Crippen molar-refractivity contribution < 1.29 is 36.1 Å². The minimum Gasteiger partial charge on any atom is -0.377 e. The van der Waals surface area contributed by atoms with E-state index in [1.165, 1.54) is 0 Å². The Morgan fingerprint density at radius 3 is 1.10 bits per heavy atom. The first-order valence-electron chi connectivity index (χ1n) is 15.6. The van der Waals surface area contributed by atoms with Crippen LogP contribution in [0.3, 0.4) is 0 Å². The molecule has 0 rings (SSSR count). The van der Waals surface area contributed by atoms with E-state index in [2.05, 4.69) is 24.5 Å². The Labute approximate surface area is 258 Å². The molecule has 0 unspecified atom stereocenters. The van der Waals surface area contributed by atoms with Gasteiger partial charge in [-0.25, -0.2) is 9.59 Å². The molecular formula is C28H62N4O8Si2. The van der Waals surface area contributed by atoms with Gasteiger partial charge in [-0.15, -0.1) is 0 Å². The van der Waals surface area contributed by atoms with Crippen molar-refractivity contribution in [3.63, 3.8) is 0 Å². The van der Waals surface area contributed by atoms with Crippen LogP contribution in [-0.4, -0.2) is 121 Å². The van der Waals surface area contributed by atoms with Gasteiger partial charge in [0.1, 0.15) is 0 Å². The molecule has 0 fully saturated rings. The van der Waals surface area contributed by atoms with Crippen LogP contribution in [0, 0.1) is 0 Å². The highest BCUT2D eigenvalue weighted by molar-refractivity contribution is 6.60. The van der Waals surface area contributed by atoms with Crippen LogP contribution in [0.5, 0.6) is 0 Å². The number of nitrogens with one attached hydrogen (secondary N) is 2. The summed E-state index contributed by atoms with van der Waals surface area (Å²) in [6, 6.07) is 1.28. The minimum absolute atomic E-state index is 0.0243. The molecule has 14 heteroatoms. The Morgan fingerprint density at radius 1 is 0.500 bits per heavy atom. The molecule has 0 aromatic carbocycles. The average Bonchev–Trinajstić information content (AvgIpc) is 3.02. The Hall–Kier alpha value is -1.27. The van der Waals surface area contributed by atoms with Crippen LogP contribution in [0.1, 0.15) is 78.1 Å². The topological polar surface area (TPSA) is 120 Å². The van der Waals surface area contributed by atoms with Gasteiger partial charge in [0.15, 0.2) is 0 Å². The van der Waals surface area contributed by atoms with Crippen molar-refractivity contribution in [3.8, 4) is 0 Å². The molecule has 0 spiro atoms. The number of unbranched alkanes of at least 4 members (excludes halogenated alkanes) is 5. The average molecular weight is 639 g/mol. The summed E-state index contributed by atoms with van der Waals surface area (Å²) in [5.41, 5.74) is 0. The van der Waals surface area contributed by atoms with E-state index < -0.39 is 17.6 Å². The van der Waals surface area contributed by atoms with Gasteiger partial charge in [-0.3, -0.25) is 0 Å². The summed E-state index contributed by atoms with van der Waals surface area (Å²) in [5.74, 6) is 0. The molecule has 0 saturated carbocycles. The molecular weight excluding hydrogens is 577 g/mol. The molecule has 2 N–H and O–H groups in total. The molecule has 250 valence electrons. The molecule has 0 aromatic heterocycles. The molecule has 0 aliphatic carbocycles. The lowest BCUT2D eigenvalue weighted by molar-refractivity contribution is 0.121. The van der Waals surface area contributed by atoms with Crippen molar-refractivity contribution in [2.24, 2.45) is 0 Å². The second-order valence-electron chi connectivity index (χ2n) is 10.4. The summed E-state index contributed by atoms with van der Waals surface area (Å²) in [5, 5.41) is 6.14. The zero-order chi connectivity index (χ0) is 31.7. The maximum Gasteiger partial charge on any atom is 0.500 e. The summed E-state index contributed by atoms with van der Waals surface area (Å²) >= 11 is 0. The van der Waals surface area contributed by atoms with Crippen molar-refractivity contribution in [3.05, 3.63) is 0 Å². The number of carbonyl (C=O) groups is 2. The van der Waals surface area contributed by atoms with Crippen LogP contribution < -0.4 is 10.6 Å². The Bertz CT molecular complexity index is 616. The van der Waals surface area contributed by atoms with E-state index in [4.69, 9.17) is 26.6 Å². The molecule has 0 aliphatic heterocycles. The van der Waals surface area contributed by atoms with Crippen LogP contribution in [0.25, 0.3) is 0 Å². The zero-order valence-corrected chi connectivity index (χ0v) is 29.9. The van der Waals surface area contributed by atoms with Gasteiger partial charge in [-0.05, 0) is 38.5 Å². The van der Waals surface area contributed by atoms with Crippen LogP contribution in [0.15, 0.2) is 0 Å². The van der Waals surface area contributed by atoms with Crippen molar-refractivity contribution in [2.45, 2.75) is 90.1 Å². The van der Waals surface area contributed by atoms with Crippen molar-refractivity contribution >= 4 is 29.7 Å². The fourth-order valence-electron chi connectivity index (χ4n) is 4.63. The molecule has 0 aromatic rings. The van der Waals surface area contributed by atoms with E-state index in [1.807, 2.05) is 9.80 Å². The quantitative estimate of drug-likeness (QED) is 0.0981. The van der Waals surface area contributed by atoms with Crippen molar-refractivity contribution in [2.75, 3.05) is 81.9 Å². The summed E-state index contributed by atoms with van der Waals surface area (Å²) in [7, 11) is 4.39. The first-order chi connectivity index (χ1) is 20.3. The first-order valence-corrected chi connectivity index (χ1v) is 19.5. The monoisotopic (exact) mass is 638 g/mol. The summed E-state index contributed by atoms with van der Waals surface area (Å²) in [6.07, 6.45) is 9.30. The molecule has 0 bridgehead atoms. The fraction of sp³-hybridized carbons (Fsp3) is 0.929. The van der Waals surface area contributed by atoms with Gasteiger partial charge in [-0.1, -0.05) is 39.5 Å². The van der Waals surface area contributed by atoms with Crippen LogP contribution in [0.2, 0.25) is 12.1 Å². The molecule has 0 atom stereocenters. The molecule has 0 saturated heterocycles. The molecule has 42 heavy (non-hydrogen) atoms. The van der Waals surface area contributed by atoms with E-state index in [0.29, 0.717) is 38.3 Å². The van der Waals surface area contributed by atoms with E-state index in [0.717, 1.165) is 77.3 Å². The molecule has 4 amide bonds. The minimum atomic E-state index is -2.63. The standard InChI is InChI=1S/C28H62N4O8Si2/c1-9-11-21-31(23-17-25-41(35-3,36-4)37-5)27(33)29-19-15-13-14-16-20-30-28(34)32(22-12-10-2)24-18-26-42(38-6,39-7)40-8/h9-26H2,1-8H3,(H,29,33)(H,30,34). The predicted molar refractivity (Wildman–Crippen MR) is 171 cm³/mol. The highest BCUT2D eigenvalue weighted by Gasteiger charge is 2.38. The number of rotatable bonds is 27. The number of nitrogens with zero attached hydrogens (tertiary/aromatic N) is 2. The number of hydrogen-bond donors (Lipinski definition) is 2. The smallest absolute Gasteiger partial charge is 0.377 e. The van der Waals surface area contributed by atoms with Gasteiger partial charge in [0.25, 0.3) is 0 Å². The Morgan fingerprint density at radius 2 is 0.810 bits per heavy atom. The molecule has 12 nitrogen and oxygen atoms in total. The van der Waals surface area contributed by atoms with Gasteiger partial charge >= 0.3 is 29.7 Å². The summed E-state index contributed by atoms with van der Waals surface area (Å²) in [6.45, 7) is 8.26. The van der Waals surface area contributed by atoms with Gasteiger partial charge in [0, 0.05) is 94.0 Å². The second kappa shape index (κ2) is 25.1. The first kappa shape index (κ1) is 40.7. The van der Waals surface area contributed by atoms with Gasteiger partial charge in [-0.2, -0.15) is 0 Å². The Balaban J connectivity index is 4.37. The van der Waals surface area contributed by atoms with E-state index in [1.54, 1.807) is 42.7 Å². The maximum absolute atomic E-state index is 12.8. The lowest BCUT2D eigenvalue weighted by atomic mass is 10.2. The normalized spacial score (nSPS) is 11.9. The lowest BCUT2D eigenvalue weighted by Crippen LogP contribution is -2.45. The van der Waals surface area contributed by atoms with Gasteiger partial charge in [0.05, 0.1) is 0 Å². The van der Waals surface area contributed by atoms with Crippen LogP contribution in [0.4, 0.5) is 9.59 Å². The summed E-state index contributed by atoms with van der Waals surface area (Å²) < 4.78 is 33.0. The van der Waals surface area contributed by atoms with Gasteiger partial charge < -0.3 is 47.0 Å². The largest absolute Gasteiger partial charge is 0.500 e. The molecule has 0 aliphatic rings. The van der Waals surface area contributed by atoms with Gasteiger partial charge in [0.2, 0.25) is 0 Å². The number of carbonyl (C=O) groups excluding carboxylic acids is 2. The summed E-state index contributed by atoms with van der Waals surface area (Å²) in [4.78, 5) is 29.4. The Kier molecular flexibility index (Phi) is 24.3. The molecule has 0 radical (unpaired) electrons. The predicted octanol–water partition coefficient (Wildman–Crippen LogP) is 4.71. The third kappa shape index (κ3) is 16.5. The maximum atomic E-state index is 12.8. The third-order valence-electron chi connectivity index (χ3n) is 7.48. The number of hydrogen-bond acceptors (Lipinski definition) is 8. The van der Waals surface area contributed by atoms with E-state index >= 15 is 0 Å². The van der Waals surface area contributed by atoms with E-state index in [9.17, 15) is 9.59 Å². The third-order valence-corrected chi connectivity index (χ3v) is 13.1. The van der Waals surface area contributed by atoms with Crippen molar-refractivity contribution in [1.29, 1.82) is 0 Å². The second-order valence-corrected chi connectivity index (χ2v) is 16.5. The highest BCUT2D eigenvalue weighted by atomic mass is 28.4. The number of urea groups is 2.